The Morgan fingerprint density at radius 3 is 3.00 bits per heavy atom. The van der Waals surface area contributed by atoms with Crippen molar-refractivity contribution < 1.29 is 14.5 Å². The first kappa shape index (κ1) is 14.6. The van der Waals surface area contributed by atoms with Crippen LogP contribution >= 0.6 is 15.9 Å². The summed E-state index contributed by atoms with van der Waals surface area (Å²) in [5.41, 5.74) is 0. The number of aryl methyl sites for hydroxylation is 1. The van der Waals surface area contributed by atoms with Crippen molar-refractivity contribution in [1.29, 1.82) is 0 Å². The average Bonchev–Trinajstić information content (AvgIpc) is 2.68. The van der Waals surface area contributed by atoms with Gasteiger partial charge in [0.15, 0.2) is 5.82 Å². The summed E-state index contributed by atoms with van der Waals surface area (Å²) in [6.07, 6.45) is 2.25. The van der Waals surface area contributed by atoms with E-state index in [4.69, 9.17) is 4.74 Å². The van der Waals surface area contributed by atoms with E-state index in [9.17, 15) is 14.9 Å². The van der Waals surface area contributed by atoms with Gasteiger partial charge in [-0.05, 0) is 11.3 Å². The molecule has 0 amide bonds. The summed E-state index contributed by atoms with van der Waals surface area (Å²) in [6.45, 7) is 2.01. The van der Waals surface area contributed by atoms with Crippen molar-refractivity contribution in [2.24, 2.45) is 0 Å². The van der Waals surface area contributed by atoms with Crippen LogP contribution in [0.25, 0.3) is 0 Å². The largest absolute Gasteiger partial charge is 0.461 e. The van der Waals surface area contributed by atoms with E-state index in [2.05, 4.69) is 20.9 Å². The van der Waals surface area contributed by atoms with E-state index in [0.29, 0.717) is 18.7 Å². The van der Waals surface area contributed by atoms with Crippen LogP contribution in [-0.2, 0) is 16.1 Å². The predicted octanol–water partition coefficient (Wildman–Crippen LogP) is 1.82. The van der Waals surface area contributed by atoms with Crippen molar-refractivity contribution >= 4 is 27.7 Å². The molecule has 0 N–H and O–H groups in total. The third-order valence-electron chi connectivity index (χ3n) is 2.31. The molecule has 0 spiro atoms. The summed E-state index contributed by atoms with van der Waals surface area (Å²) in [5.74, 6) is 0.136. The number of ether oxygens (including phenoxy) is 1. The highest BCUT2D eigenvalue weighted by Crippen LogP contribution is 2.13. The highest BCUT2D eigenvalue weighted by Gasteiger charge is 2.17. The van der Waals surface area contributed by atoms with Crippen molar-refractivity contribution in [1.82, 2.24) is 9.55 Å². The lowest BCUT2D eigenvalue weighted by Crippen LogP contribution is -2.13. The summed E-state index contributed by atoms with van der Waals surface area (Å²) in [7, 11) is 0. The molecule has 0 saturated heterocycles. The van der Waals surface area contributed by atoms with Crippen LogP contribution < -0.4 is 0 Å². The maximum absolute atomic E-state index is 11.2. The van der Waals surface area contributed by atoms with E-state index in [0.717, 1.165) is 5.33 Å². The fourth-order valence-electron chi connectivity index (χ4n) is 1.41. The number of hydrogen-bond acceptors (Lipinski definition) is 5. The maximum Gasteiger partial charge on any atom is 0.342 e. The normalized spacial score (nSPS) is 10.3. The molecule has 100 valence electrons. The number of rotatable bonds is 7. The van der Waals surface area contributed by atoms with Crippen molar-refractivity contribution in [3.8, 4) is 0 Å². The second-order valence-corrected chi connectivity index (χ2v) is 4.38. The number of nitrogens with zero attached hydrogens (tertiary/aromatic N) is 3. The average molecular weight is 320 g/mol. The minimum atomic E-state index is -0.507. The molecular weight excluding hydrogens is 306 g/mol. The van der Waals surface area contributed by atoms with Crippen molar-refractivity contribution in [2.45, 2.75) is 26.3 Å². The number of halogens is 1. The molecule has 0 aromatic carbocycles. The van der Waals surface area contributed by atoms with Gasteiger partial charge in [-0.15, -0.1) is 0 Å². The zero-order valence-electron chi connectivity index (χ0n) is 9.97. The molecule has 0 fully saturated rings. The number of alkyl halides is 1. The first-order chi connectivity index (χ1) is 8.56. The Bertz CT molecular complexity index is 433. The Labute approximate surface area is 112 Å². The Morgan fingerprint density at radius 1 is 1.67 bits per heavy atom. The van der Waals surface area contributed by atoms with E-state index in [1.165, 1.54) is 10.8 Å². The quantitative estimate of drug-likeness (QED) is 0.331. The fraction of sp³-hybridized carbons (Fsp3) is 0.600. The molecule has 0 atom stereocenters. The SMILES string of the molecule is Cc1ncc([N+](=O)[O-])n1CCOC(=O)CCCBr. The lowest BCUT2D eigenvalue weighted by atomic mass is 10.3. The van der Waals surface area contributed by atoms with Crippen molar-refractivity contribution in [3.05, 3.63) is 22.1 Å². The molecule has 0 aliphatic rings. The summed E-state index contributed by atoms with van der Waals surface area (Å²) in [5, 5.41) is 11.4. The topological polar surface area (TPSA) is 87.3 Å². The third kappa shape index (κ3) is 4.10. The summed E-state index contributed by atoms with van der Waals surface area (Å²) >= 11 is 3.22. The predicted molar refractivity (Wildman–Crippen MR) is 67.6 cm³/mol. The van der Waals surface area contributed by atoms with Crippen LogP contribution in [0.2, 0.25) is 0 Å². The van der Waals surface area contributed by atoms with Gasteiger partial charge >= 0.3 is 11.8 Å². The van der Waals surface area contributed by atoms with Crippen LogP contribution in [0.3, 0.4) is 0 Å². The number of nitro groups is 1. The fourth-order valence-corrected chi connectivity index (χ4v) is 1.69. The number of carbonyl (C=O) groups excluding carboxylic acids is 1. The van der Waals surface area contributed by atoms with Crippen LogP contribution in [0.15, 0.2) is 6.20 Å². The van der Waals surface area contributed by atoms with Crippen LogP contribution in [0, 0.1) is 17.0 Å². The number of carbonyl (C=O) groups is 1. The minimum absolute atomic E-state index is 0.0935. The Kier molecular flexibility index (Phi) is 5.76. The Morgan fingerprint density at radius 2 is 2.39 bits per heavy atom. The summed E-state index contributed by atoms with van der Waals surface area (Å²) < 4.78 is 6.39. The van der Waals surface area contributed by atoms with E-state index >= 15 is 0 Å². The lowest BCUT2D eigenvalue weighted by Gasteiger charge is -2.04. The van der Waals surface area contributed by atoms with Gasteiger partial charge in [0.05, 0.1) is 0 Å². The molecule has 0 saturated carbocycles. The van der Waals surface area contributed by atoms with Gasteiger partial charge in [0.2, 0.25) is 0 Å². The van der Waals surface area contributed by atoms with Crippen LogP contribution in [0.1, 0.15) is 18.7 Å². The number of aromatic nitrogens is 2. The number of esters is 1. The summed E-state index contributed by atoms with van der Waals surface area (Å²) in [6, 6.07) is 0. The van der Waals surface area contributed by atoms with E-state index in [-0.39, 0.29) is 24.9 Å². The van der Waals surface area contributed by atoms with Crippen molar-refractivity contribution in [3.63, 3.8) is 0 Å². The monoisotopic (exact) mass is 319 g/mol. The zero-order chi connectivity index (χ0) is 13.5. The molecule has 7 nitrogen and oxygen atoms in total. The maximum atomic E-state index is 11.2. The van der Waals surface area contributed by atoms with Gasteiger partial charge in [-0.2, -0.15) is 0 Å². The first-order valence-electron chi connectivity index (χ1n) is 5.44. The van der Waals surface area contributed by atoms with Crippen LogP contribution in [0.4, 0.5) is 5.82 Å². The lowest BCUT2D eigenvalue weighted by molar-refractivity contribution is -0.392. The minimum Gasteiger partial charge on any atom is -0.461 e. The summed E-state index contributed by atoms with van der Waals surface area (Å²) in [4.78, 5) is 25.3. The highest BCUT2D eigenvalue weighted by atomic mass is 79.9. The number of hydrogen-bond donors (Lipinski definition) is 0. The van der Waals surface area contributed by atoms with E-state index < -0.39 is 4.92 Å². The van der Waals surface area contributed by atoms with Gasteiger partial charge in [-0.25, -0.2) is 9.55 Å². The molecule has 0 aliphatic carbocycles. The van der Waals surface area contributed by atoms with Gasteiger partial charge in [-0.1, -0.05) is 15.9 Å². The molecule has 0 bridgehead atoms. The highest BCUT2D eigenvalue weighted by molar-refractivity contribution is 9.09. The standard InChI is InChI=1S/C10H14BrN3O4/c1-8-12-7-9(14(16)17)13(8)5-6-18-10(15)3-2-4-11/h7H,2-6H2,1H3. The molecule has 0 unspecified atom stereocenters. The Balaban J connectivity index is 2.46. The second-order valence-electron chi connectivity index (χ2n) is 3.59. The smallest absolute Gasteiger partial charge is 0.342 e. The van der Waals surface area contributed by atoms with Crippen molar-refractivity contribution in [2.75, 3.05) is 11.9 Å². The van der Waals surface area contributed by atoms with Crippen LogP contribution in [-0.4, -0.2) is 32.4 Å². The first-order valence-corrected chi connectivity index (χ1v) is 6.56. The molecule has 0 aliphatic heterocycles. The molecule has 1 aromatic rings. The van der Waals surface area contributed by atoms with Gasteiger partial charge in [-0.3, -0.25) is 4.79 Å². The van der Waals surface area contributed by atoms with E-state index in [1.807, 2.05) is 0 Å². The molecular formula is C10H14BrN3O4. The zero-order valence-corrected chi connectivity index (χ0v) is 11.6. The molecule has 18 heavy (non-hydrogen) atoms. The molecule has 1 heterocycles. The number of imidazole rings is 1. The van der Waals surface area contributed by atoms with Crippen LogP contribution in [0.5, 0.6) is 0 Å². The molecule has 8 heteroatoms. The Hall–Kier alpha value is -1.44. The second kappa shape index (κ2) is 7.10. The van der Waals surface area contributed by atoms with Gasteiger partial charge in [0, 0.05) is 18.7 Å². The molecule has 0 radical (unpaired) electrons. The van der Waals surface area contributed by atoms with E-state index in [1.54, 1.807) is 6.92 Å². The van der Waals surface area contributed by atoms with Gasteiger partial charge < -0.3 is 14.9 Å². The molecule has 1 rings (SSSR count). The van der Waals surface area contributed by atoms with Gasteiger partial charge in [0.1, 0.15) is 19.3 Å². The third-order valence-corrected chi connectivity index (χ3v) is 2.87. The van der Waals surface area contributed by atoms with Gasteiger partial charge in [0.25, 0.3) is 0 Å². The molecule has 1 aromatic heterocycles.